The highest BCUT2D eigenvalue weighted by Crippen LogP contribution is 2.28. The predicted molar refractivity (Wildman–Crippen MR) is 91.7 cm³/mol. The van der Waals surface area contributed by atoms with Gasteiger partial charge in [0.2, 0.25) is 0 Å². The van der Waals surface area contributed by atoms with E-state index in [2.05, 4.69) is 27.9 Å². The standard InChI is InChI=1S/C13H26N4O2.HI/c1-9-8-10(9)17-11(14-5)15-6-7-16-12(18)19-13(2,3)4;/h9-10H,6-8H2,1-5H3,(H,16,18)(H2,14,15,17);1H. The summed E-state index contributed by atoms with van der Waals surface area (Å²) in [6.45, 7) is 8.83. The van der Waals surface area contributed by atoms with Gasteiger partial charge in [0.15, 0.2) is 5.96 Å². The fourth-order valence-corrected chi connectivity index (χ4v) is 1.55. The van der Waals surface area contributed by atoms with E-state index in [1.807, 2.05) is 20.8 Å². The number of ether oxygens (including phenoxy) is 1. The Morgan fingerprint density at radius 3 is 2.30 bits per heavy atom. The summed E-state index contributed by atoms with van der Waals surface area (Å²) in [5.74, 6) is 1.50. The van der Waals surface area contributed by atoms with Gasteiger partial charge in [-0.1, -0.05) is 6.92 Å². The summed E-state index contributed by atoms with van der Waals surface area (Å²) in [5.41, 5.74) is -0.461. The number of hydrogen-bond donors (Lipinski definition) is 3. The summed E-state index contributed by atoms with van der Waals surface area (Å²) in [6.07, 6.45) is 0.796. The van der Waals surface area contributed by atoms with Crippen LogP contribution in [0.2, 0.25) is 0 Å². The van der Waals surface area contributed by atoms with Crippen molar-refractivity contribution in [2.45, 2.75) is 45.8 Å². The molecule has 2 unspecified atom stereocenters. The van der Waals surface area contributed by atoms with E-state index in [-0.39, 0.29) is 24.0 Å². The topological polar surface area (TPSA) is 74.8 Å². The second-order valence-corrected chi connectivity index (χ2v) is 5.89. The molecule has 0 saturated heterocycles. The highest BCUT2D eigenvalue weighted by Gasteiger charge is 2.33. The maximum absolute atomic E-state index is 11.4. The van der Waals surface area contributed by atoms with Crippen molar-refractivity contribution in [3.05, 3.63) is 0 Å². The number of carbonyl (C=O) groups excluding carboxylic acids is 1. The second kappa shape index (κ2) is 8.53. The highest BCUT2D eigenvalue weighted by molar-refractivity contribution is 14.0. The third-order valence-electron chi connectivity index (χ3n) is 2.74. The van der Waals surface area contributed by atoms with Crippen LogP contribution >= 0.6 is 24.0 Å². The maximum atomic E-state index is 11.4. The van der Waals surface area contributed by atoms with Crippen LogP contribution < -0.4 is 16.0 Å². The molecule has 0 bridgehead atoms. The molecular formula is C13H27IN4O2. The van der Waals surface area contributed by atoms with Crippen LogP contribution in [0.15, 0.2) is 4.99 Å². The van der Waals surface area contributed by atoms with E-state index in [1.54, 1.807) is 7.05 Å². The first kappa shape index (κ1) is 19.3. The largest absolute Gasteiger partial charge is 0.444 e. The van der Waals surface area contributed by atoms with Gasteiger partial charge in [0.25, 0.3) is 0 Å². The molecule has 0 aromatic carbocycles. The van der Waals surface area contributed by atoms with Gasteiger partial charge in [0, 0.05) is 26.2 Å². The smallest absolute Gasteiger partial charge is 0.407 e. The Morgan fingerprint density at radius 2 is 1.85 bits per heavy atom. The molecule has 0 spiro atoms. The molecule has 7 heteroatoms. The number of guanidine groups is 1. The fourth-order valence-electron chi connectivity index (χ4n) is 1.55. The molecule has 0 aliphatic heterocycles. The Labute approximate surface area is 138 Å². The summed E-state index contributed by atoms with van der Waals surface area (Å²) < 4.78 is 5.14. The van der Waals surface area contributed by atoms with E-state index in [0.29, 0.717) is 19.1 Å². The number of amides is 1. The quantitative estimate of drug-likeness (QED) is 0.292. The molecule has 0 heterocycles. The summed E-state index contributed by atoms with van der Waals surface area (Å²) in [4.78, 5) is 15.5. The molecule has 1 saturated carbocycles. The van der Waals surface area contributed by atoms with Gasteiger partial charge in [-0.05, 0) is 33.1 Å². The number of nitrogens with zero attached hydrogens (tertiary/aromatic N) is 1. The number of nitrogens with one attached hydrogen (secondary N) is 3. The lowest BCUT2D eigenvalue weighted by Crippen LogP contribution is -2.43. The zero-order valence-electron chi connectivity index (χ0n) is 12.9. The van der Waals surface area contributed by atoms with Crippen LogP contribution in [0.5, 0.6) is 0 Å². The Morgan fingerprint density at radius 1 is 1.30 bits per heavy atom. The van der Waals surface area contributed by atoms with Gasteiger partial charge in [0.1, 0.15) is 5.60 Å². The first-order valence-corrected chi connectivity index (χ1v) is 6.76. The van der Waals surface area contributed by atoms with Gasteiger partial charge in [-0.3, -0.25) is 4.99 Å². The van der Waals surface area contributed by atoms with Crippen LogP contribution in [-0.4, -0.2) is 43.8 Å². The SMILES string of the molecule is CN=C(NCCNC(=O)OC(C)(C)C)NC1CC1C.I. The lowest BCUT2D eigenvalue weighted by Gasteiger charge is -2.19. The molecule has 6 nitrogen and oxygen atoms in total. The van der Waals surface area contributed by atoms with Crippen molar-refractivity contribution in [1.29, 1.82) is 0 Å². The molecule has 2 atom stereocenters. The fraction of sp³-hybridized carbons (Fsp3) is 0.846. The summed E-state index contributed by atoms with van der Waals surface area (Å²) >= 11 is 0. The van der Waals surface area contributed by atoms with E-state index in [0.717, 1.165) is 11.9 Å². The van der Waals surface area contributed by atoms with E-state index in [9.17, 15) is 4.79 Å². The van der Waals surface area contributed by atoms with Gasteiger partial charge in [-0.2, -0.15) is 0 Å². The molecule has 1 rings (SSSR count). The van der Waals surface area contributed by atoms with Crippen molar-refractivity contribution in [3.8, 4) is 0 Å². The number of hydrogen-bond acceptors (Lipinski definition) is 3. The van der Waals surface area contributed by atoms with E-state index in [4.69, 9.17) is 4.74 Å². The molecule has 1 fully saturated rings. The number of aliphatic imine (C=N–C) groups is 1. The van der Waals surface area contributed by atoms with Crippen molar-refractivity contribution in [1.82, 2.24) is 16.0 Å². The molecule has 3 N–H and O–H groups in total. The van der Waals surface area contributed by atoms with Crippen molar-refractivity contribution in [2.75, 3.05) is 20.1 Å². The minimum Gasteiger partial charge on any atom is -0.444 e. The molecule has 1 amide bonds. The minimum absolute atomic E-state index is 0. The molecular weight excluding hydrogens is 371 g/mol. The summed E-state index contributed by atoms with van der Waals surface area (Å²) in [6, 6.07) is 0.532. The number of halogens is 1. The molecule has 1 aliphatic rings. The molecule has 0 aromatic heterocycles. The van der Waals surface area contributed by atoms with E-state index < -0.39 is 11.7 Å². The van der Waals surface area contributed by atoms with Crippen molar-refractivity contribution in [3.63, 3.8) is 0 Å². The van der Waals surface area contributed by atoms with Crippen LogP contribution in [0, 0.1) is 5.92 Å². The van der Waals surface area contributed by atoms with E-state index in [1.165, 1.54) is 6.42 Å². The average Bonchev–Trinajstić information content (AvgIpc) is 2.96. The zero-order chi connectivity index (χ0) is 14.5. The molecule has 0 radical (unpaired) electrons. The zero-order valence-corrected chi connectivity index (χ0v) is 15.3. The Kier molecular flexibility index (Phi) is 8.22. The van der Waals surface area contributed by atoms with Gasteiger partial charge < -0.3 is 20.7 Å². The Balaban J connectivity index is 0.00000361. The third-order valence-corrected chi connectivity index (χ3v) is 2.74. The summed E-state index contributed by atoms with van der Waals surface area (Å²) in [5, 5.41) is 9.15. The van der Waals surface area contributed by atoms with Gasteiger partial charge in [0.05, 0.1) is 0 Å². The lowest BCUT2D eigenvalue weighted by molar-refractivity contribution is 0.0529. The summed E-state index contributed by atoms with van der Waals surface area (Å²) in [7, 11) is 1.74. The van der Waals surface area contributed by atoms with Crippen molar-refractivity contribution >= 4 is 36.0 Å². The second-order valence-electron chi connectivity index (χ2n) is 5.89. The first-order valence-electron chi connectivity index (χ1n) is 6.76. The van der Waals surface area contributed by atoms with Crippen LogP contribution in [0.1, 0.15) is 34.1 Å². The molecule has 0 aromatic rings. The molecule has 20 heavy (non-hydrogen) atoms. The normalized spacial score (nSPS) is 21.6. The molecule has 1 aliphatic carbocycles. The van der Waals surface area contributed by atoms with Crippen LogP contribution in [-0.2, 0) is 4.74 Å². The predicted octanol–water partition coefficient (Wildman–Crippen LogP) is 1.70. The van der Waals surface area contributed by atoms with Crippen molar-refractivity contribution in [2.24, 2.45) is 10.9 Å². The van der Waals surface area contributed by atoms with Crippen LogP contribution in [0.25, 0.3) is 0 Å². The van der Waals surface area contributed by atoms with Gasteiger partial charge in [-0.25, -0.2) is 4.79 Å². The lowest BCUT2D eigenvalue weighted by atomic mass is 10.2. The molecule has 118 valence electrons. The monoisotopic (exact) mass is 398 g/mol. The van der Waals surface area contributed by atoms with Gasteiger partial charge in [-0.15, -0.1) is 24.0 Å². The number of carbonyl (C=O) groups is 1. The Bertz CT molecular complexity index is 342. The highest BCUT2D eigenvalue weighted by atomic mass is 127. The van der Waals surface area contributed by atoms with E-state index >= 15 is 0 Å². The van der Waals surface area contributed by atoms with Gasteiger partial charge >= 0.3 is 6.09 Å². The van der Waals surface area contributed by atoms with Crippen LogP contribution in [0.3, 0.4) is 0 Å². The Hall–Kier alpha value is -0.730. The van der Waals surface area contributed by atoms with Crippen LogP contribution in [0.4, 0.5) is 4.79 Å². The minimum atomic E-state index is -0.461. The first-order chi connectivity index (χ1) is 8.81. The number of alkyl carbamates (subject to hydrolysis) is 1. The maximum Gasteiger partial charge on any atom is 0.407 e. The third kappa shape index (κ3) is 8.44. The average molecular weight is 398 g/mol. The number of rotatable bonds is 4. The van der Waals surface area contributed by atoms with Crippen molar-refractivity contribution < 1.29 is 9.53 Å².